The van der Waals surface area contributed by atoms with Gasteiger partial charge in [0.25, 0.3) is 0 Å². The van der Waals surface area contributed by atoms with Gasteiger partial charge in [0, 0.05) is 19.5 Å². The van der Waals surface area contributed by atoms with Gasteiger partial charge in [-0.1, -0.05) is 23.4 Å². The smallest absolute Gasteiger partial charge is 0.317 e. The fraction of sp³-hybridized carbons (Fsp3) is 0.375. The van der Waals surface area contributed by atoms with E-state index in [4.69, 9.17) is 9.26 Å². The van der Waals surface area contributed by atoms with Gasteiger partial charge in [-0.15, -0.1) is 0 Å². The summed E-state index contributed by atoms with van der Waals surface area (Å²) in [7, 11) is 1.73. The summed E-state index contributed by atoms with van der Waals surface area (Å²) in [5, 5.41) is 6.77. The highest BCUT2D eigenvalue weighted by atomic mass is 16.5. The van der Waals surface area contributed by atoms with Crippen LogP contribution in [0.5, 0.6) is 5.75 Å². The van der Waals surface area contributed by atoms with Gasteiger partial charge in [0.05, 0.1) is 13.1 Å². The first-order valence-electron chi connectivity index (χ1n) is 7.27. The molecule has 0 saturated heterocycles. The van der Waals surface area contributed by atoms with Gasteiger partial charge in [0.1, 0.15) is 23.3 Å². The lowest BCUT2D eigenvalue weighted by molar-refractivity contribution is 0.190. The summed E-state index contributed by atoms with van der Waals surface area (Å²) in [6.07, 6.45) is 0.812. The van der Waals surface area contributed by atoms with Crippen molar-refractivity contribution in [3.8, 4) is 5.75 Å². The van der Waals surface area contributed by atoms with Crippen LogP contribution in [0.3, 0.4) is 0 Å². The number of aryl methyl sites for hydroxylation is 1. The van der Waals surface area contributed by atoms with Crippen LogP contribution in [0.4, 0.5) is 4.79 Å². The number of nitrogens with one attached hydrogen (secondary N) is 1. The molecule has 22 heavy (non-hydrogen) atoms. The van der Waals surface area contributed by atoms with Gasteiger partial charge in [-0.3, -0.25) is 0 Å². The number of ether oxygens (including phenoxy) is 1. The molecule has 1 N–H and O–H groups in total. The molecule has 0 unspecified atom stereocenters. The first kappa shape index (κ1) is 14.4. The quantitative estimate of drug-likeness (QED) is 0.939. The highest BCUT2D eigenvalue weighted by Gasteiger charge is 2.23. The van der Waals surface area contributed by atoms with Gasteiger partial charge >= 0.3 is 6.03 Å². The molecule has 1 aliphatic rings. The molecule has 1 atom stereocenters. The molecular formula is C16H19N3O3. The number of hydrogen-bond donors (Lipinski definition) is 1. The molecule has 1 aromatic carbocycles. The molecule has 0 fully saturated rings. The number of hydrogen-bond acceptors (Lipinski definition) is 4. The first-order valence-corrected chi connectivity index (χ1v) is 7.27. The number of amides is 2. The van der Waals surface area contributed by atoms with E-state index in [1.807, 2.05) is 31.2 Å². The number of aromatic nitrogens is 1. The minimum Gasteiger partial charge on any atom is -0.488 e. The van der Waals surface area contributed by atoms with Crippen molar-refractivity contribution in [1.29, 1.82) is 0 Å². The number of fused-ring (bicyclic) bond motifs is 1. The monoisotopic (exact) mass is 301 g/mol. The molecule has 6 heteroatoms. The molecule has 0 saturated carbocycles. The minimum absolute atomic E-state index is 0.0101. The van der Waals surface area contributed by atoms with Crippen LogP contribution in [0.25, 0.3) is 0 Å². The van der Waals surface area contributed by atoms with E-state index in [9.17, 15) is 4.79 Å². The predicted molar refractivity (Wildman–Crippen MR) is 80.7 cm³/mol. The molecule has 1 aliphatic heterocycles. The third-order valence-corrected chi connectivity index (χ3v) is 3.62. The standard InChI is InChI=1S/C16H19N3O3/c1-11-7-13(18-22-11)10-19(2)16(20)17-9-14-8-12-5-3-4-6-15(12)21-14/h3-7,14H,8-10H2,1-2H3,(H,17,20)/t14-/m0/s1. The zero-order chi connectivity index (χ0) is 15.5. The Morgan fingerprint density at radius 1 is 1.45 bits per heavy atom. The predicted octanol–water partition coefficient (Wildman–Crippen LogP) is 2.13. The largest absolute Gasteiger partial charge is 0.488 e. The van der Waals surface area contributed by atoms with Crippen molar-refractivity contribution in [2.75, 3.05) is 13.6 Å². The van der Waals surface area contributed by atoms with Crippen molar-refractivity contribution in [2.45, 2.75) is 26.0 Å². The Morgan fingerprint density at radius 2 is 2.27 bits per heavy atom. The number of carbonyl (C=O) groups excluding carboxylic acids is 1. The Labute approximate surface area is 129 Å². The van der Waals surface area contributed by atoms with E-state index in [0.717, 1.165) is 23.6 Å². The maximum Gasteiger partial charge on any atom is 0.317 e. The molecule has 0 radical (unpaired) electrons. The van der Waals surface area contributed by atoms with Crippen molar-refractivity contribution in [3.63, 3.8) is 0 Å². The van der Waals surface area contributed by atoms with Crippen molar-refractivity contribution < 1.29 is 14.1 Å². The molecule has 0 bridgehead atoms. The average Bonchev–Trinajstić information content (AvgIpc) is 3.10. The van der Waals surface area contributed by atoms with Crippen molar-refractivity contribution in [2.24, 2.45) is 0 Å². The third kappa shape index (κ3) is 3.21. The summed E-state index contributed by atoms with van der Waals surface area (Å²) in [4.78, 5) is 13.7. The fourth-order valence-electron chi connectivity index (χ4n) is 2.51. The molecule has 2 amide bonds. The second-order valence-electron chi connectivity index (χ2n) is 5.52. The molecule has 2 heterocycles. The molecule has 116 valence electrons. The first-order chi connectivity index (χ1) is 10.6. The lowest BCUT2D eigenvalue weighted by atomic mass is 10.1. The molecular weight excluding hydrogens is 282 g/mol. The summed E-state index contributed by atoms with van der Waals surface area (Å²) < 4.78 is 10.8. The van der Waals surface area contributed by atoms with Gasteiger partial charge in [0.15, 0.2) is 0 Å². The van der Waals surface area contributed by atoms with E-state index in [2.05, 4.69) is 16.5 Å². The van der Waals surface area contributed by atoms with E-state index < -0.39 is 0 Å². The number of rotatable bonds is 4. The summed E-state index contributed by atoms with van der Waals surface area (Å²) in [5.74, 6) is 1.65. The highest BCUT2D eigenvalue weighted by Crippen LogP contribution is 2.27. The number of para-hydroxylation sites is 1. The number of benzene rings is 1. The van der Waals surface area contributed by atoms with Crippen molar-refractivity contribution in [3.05, 3.63) is 47.3 Å². The Kier molecular flexibility index (Phi) is 4.00. The van der Waals surface area contributed by atoms with Gasteiger partial charge in [-0.2, -0.15) is 0 Å². The second-order valence-corrected chi connectivity index (χ2v) is 5.52. The zero-order valence-corrected chi connectivity index (χ0v) is 12.7. The van der Waals surface area contributed by atoms with E-state index in [0.29, 0.717) is 13.1 Å². The molecule has 0 aliphatic carbocycles. The Bertz CT molecular complexity index is 643. The maximum absolute atomic E-state index is 12.1. The minimum atomic E-state index is -0.153. The van der Waals surface area contributed by atoms with Crippen molar-refractivity contribution in [1.82, 2.24) is 15.4 Å². The number of carbonyl (C=O) groups is 1. The van der Waals surface area contributed by atoms with Gasteiger partial charge in [-0.05, 0) is 18.6 Å². The van der Waals surface area contributed by atoms with Crippen LogP contribution in [-0.4, -0.2) is 35.8 Å². The van der Waals surface area contributed by atoms with Gasteiger partial charge in [-0.25, -0.2) is 4.79 Å². The summed E-state index contributed by atoms with van der Waals surface area (Å²) in [5.41, 5.74) is 1.92. The van der Waals surface area contributed by atoms with Crippen LogP contribution in [0.15, 0.2) is 34.9 Å². The highest BCUT2D eigenvalue weighted by molar-refractivity contribution is 5.73. The van der Waals surface area contributed by atoms with Gasteiger partial charge < -0.3 is 19.5 Å². The van der Waals surface area contributed by atoms with Crippen LogP contribution < -0.4 is 10.1 Å². The van der Waals surface area contributed by atoms with Crippen LogP contribution in [0.2, 0.25) is 0 Å². The summed E-state index contributed by atoms with van der Waals surface area (Å²) >= 11 is 0. The molecule has 3 rings (SSSR count). The third-order valence-electron chi connectivity index (χ3n) is 3.62. The molecule has 6 nitrogen and oxygen atoms in total. The Hall–Kier alpha value is -2.50. The second kappa shape index (κ2) is 6.09. The van der Waals surface area contributed by atoms with Crippen molar-refractivity contribution >= 4 is 6.03 Å². The topological polar surface area (TPSA) is 67.6 Å². The summed E-state index contributed by atoms with van der Waals surface area (Å²) in [6, 6.07) is 9.62. The molecule has 1 aromatic heterocycles. The molecule has 2 aromatic rings. The van der Waals surface area contributed by atoms with Crippen LogP contribution in [0, 0.1) is 6.92 Å². The average molecular weight is 301 g/mol. The zero-order valence-electron chi connectivity index (χ0n) is 12.7. The van der Waals surface area contributed by atoms with E-state index in [1.54, 1.807) is 11.9 Å². The number of urea groups is 1. The fourth-order valence-corrected chi connectivity index (χ4v) is 2.51. The SMILES string of the molecule is Cc1cc(CN(C)C(=O)NC[C@@H]2Cc3ccccc3O2)no1. The summed E-state index contributed by atoms with van der Waals surface area (Å²) in [6.45, 7) is 2.72. The Morgan fingerprint density at radius 3 is 3.00 bits per heavy atom. The molecule has 0 spiro atoms. The normalized spacial score (nSPS) is 16.0. The number of nitrogens with zero attached hydrogens (tertiary/aromatic N) is 2. The Balaban J connectivity index is 1.47. The lowest BCUT2D eigenvalue weighted by Crippen LogP contribution is -2.41. The maximum atomic E-state index is 12.1. The van der Waals surface area contributed by atoms with E-state index in [-0.39, 0.29) is 12.1 Å². The van der Waals surface area contributed by atoms with Crippen LogP contribution in [0.1, 0.15) is 17.0 Å². The van der Waals surface area contributed by atoms with Crippen LogP contribution in [-0.2, 0) is 13.0 Å². The van der Waals surface area contributed by atoms with E-state index >= 15 is 0 Å². The van der Waals surface area contributed by atoms with E-state index in [1.165, 1.54) is 5.56 Å². The van der Waals surface area contributed by atoms with Crippen LogP contribution >= 0.6 is 0 Å². The van der Waals surface area contributed by atoms with Gasteiger partial charge in [0.2, 0.25) is 0 Å². The lowest BCUT2D eigenvalue weighted by Gasteiger charge is -2.18.